The average molecular weight is 556 g/mol. The lowest BCUT2D eigenvalue weighted by molar-refractivity contribution is 0.293. The minimum atomic E-state index is 0.381. The molecule has 216 valence electrons. The van der Waals surface area contributed by atoms with Gasteiger partial charge < -0.3 is 29.7 Å². The summed E-state index contributed by atoms with van der Waals surface area (Å²) < 4.78 is 17.3. The Kier molecular flexibility index (Phi) is 9.41. The zero-order chi connectivity index (χ0) is 28.6. The molecule has 8 heteroatoms. The fraction of sp³-hybridized carbons (Fsp3) is 0.394. The number of nitrogens with one attached hydrogen (secondary N) is 2. The zero-order valence-electron chi connectivity index (χ0n) is 24.5. The number of ether oxygens (including phenoxy) is 3. The van der Waals surface area contributed by atoms with Crippen LogP contribution in [0, 0.1) is 5.92 Å². The normalized spacial score (nSPS) is 16.8. The summed E-state index contributed by atoms with van der Waals surface area (Å²) in [5.74, 6) is 4.45. The lowest BCUT2D eigenvalue weighted by Gasteiger charge is -2.29. The van der Waals surface area contributed by atoms with Crippen LogP contribution in [-0.2, 0) is 13.2 Å². The van der Waals surface area contributed by atoms with Gasteiger partial charge in [0, 0.05) is 43.7 Å². The van der Waals surface area contributed by atoms with E-state index in [0.29, 0.717) is 42.6 Å². The molecule has 0 radical (unpaired) electrons. The van der Waals surface area contributed by atoms with Gasteiger partial charge in [0.15, 0.2) is 11.5 Å². The predicted molar refractivity (Wildman–Crippen MR) is 165 cm³/mol. The van der Waals surface area contributed by atoms with E-state index >= 15 is 0 Å². The quantitative estimate of drug-likeness (QED) is 0.219. The molecule has 1 aliphatic rings. The van der Waals surface area contributed by atoms with Crippen LogP contribution in [0.1, 0.15) is 36.8 Å². The van der Waals surface area contributed by atoms with Crippen molar-refractivity contribution in [1.29, 1.82) is 0 Å². The van der Waals surface area contributed by atoms with Crippen LogP contribution < -0.4 is 29.7 Å². The Morgan fingerprint density at radius 1 is 0.829 bits per heavy atom. The van der Waals surface area contributed by atoms with Gasteiger partial charge in [-0.15, -0.1) is 0 Å². The van der Waals surface area contributed by atoms with E-state index in [9.17, 15) is 0 Å². The molecule has 1 saturated carbocycles. The Balaban J connectivity index is 1.16. The number of para-hydroxylation sites is 1. The summed E-state index contributed by atoms with van der Waals surface area (Å²) in [6, 6.07) is 22.7. The van der Waals surface area contributed by atoms with Crippen LogP contribution in [0.4, 0.5) is 11.8 Å². The van der Waals surface area contributed by atoms with Gasteiger partial charge in [-0.2, -0.15) is 4.98 Å². The summed E-state index contributed by atoms with van der Waals surface area (Å²) in [5.41, 5.74) is 3.14. The lowest BCUT2D eigenvalue weighted by atomic mass is 9.86. The highest BCUT2D eigenvalue weighted by molar-refractivity contribution is 5.90. The van der Waals surface area contributed by atoms with Gasteiger partial charge in [-0.1, -0.05) is 42.5 Å². The minimum absolute atomic E-state index is 0.381. The first-order valence-corrected chi connectivity index (χ1v) is 14.4. The molecule has 0 aliphatic heterocycles. The summed E-state index contributed by atoms with van der Waals surface area (Å²) in [5, 5.41) is 8.36. The second-order valence-corrected chi connectivity index (χ2v) is 10.9. The fourth-order valence-electron chi connectivity index (χ4n) is 5.48. The lowest BCUT2D eigenvalue weighted by Crippen LogP contribution is -2.31. The molecule has 0 saturated heterocycles. The second kappa shape index (κ2) is 13.5. The molecule has 1 heterocycles. The number of nitrogens with zero attached hydrogens (tertiary/aromatic N) is 3. The highest BCUT2D eigenvalue weighted by Gasteiger charge is 2.22. The van der Waals surface area contributed by atoms with Gasteiger partial charge in [-0.25, -0.2) is 4.98 Å². The first kappa shape index (κ1) is 28.5. The molecule has 5 rings (SSSR count). The van der Waals surface area contributed by atoms with Crippen molar-refractivity contribution in [2.75, 3.05) is 45.1 Å². The number of aromatic nitrogens is 2. The van der Waals surface area contributed by atoms with Gasteiger partial charge in [0.25, 0.3) is 0 Å². The van der Waals surface area contributed by atoms with Crippen LogP contribution in [0.3, 0.4) is 0 Å². The Bertz CT molecular complexity index is 1420. The molecule has 0 atom stereocenters. The number of hydrogen-bond acceptors (Lipinski definition) is 8. The molecule has 2 N–H and O–H groups in total. The molecule has 0 bridgehead atoms. The molecular formula is C33H41N5O3. The van der Waals surface area contributed by atoms with Gasteiger partial charge >= 0.3 is 0 Å². The Morgan fingerprint density at radius 3 is 2.27 bits per heavy atom. The van der Waals surface area contributed by atoms with E-state index in [2.05, 4.69) is 28.8 Å². The number of anilines is 2. The van der Waals surface area contributed by atoms with E-state index in [1.54, 1.807) is 14.2 Å². The second-order valence-electron chi connectivity index (χ2n) is 10.9. The van der Waals surface area contributed by atoms with Crippen LogP contribution in [0.5, 0.6) is 17.2 Å². The maximum Gasteiger partial charge on any atom is 0.225 e. The molecule has 41 heavy (non-hydrogen) atoms. The summed E-state index contributed by atoms with van der Waals surface area (Å²) in [7, 11) is 7.36. The van der Waals surface area contributed by atoms with E-state index in [1.165, 1.54) is 0 Å². The number of benzene rings is 3. The SMILES string of the molecule is COc1cc(CNC[C@H]2CC[C@@H](Nc3nc(N(C)C)c4ccccc4n3)CC2)c(OCc2ccccc2)cc1OC. The summed E-state index contributed by atoms with van der Waals surface area (Å²) in [4.78, 5) is 11.7. The van der Waals surface area contributed by atoms with Crippen molar-refractivity contribution in [3.63, 3.8) is 0 Å². The first-order chi connectivity index (χ1) is 20.0. The monoisotopic (exact) mass is 555 g/mol. The Morgan fingerprint density at radius 2 is 1.54 bits per heavy atom. The number of hydrogen-bond donors (Lipinski definition) is 2. The number of methoxy groups -OCH3 is 2. The molecule has 0 unspecified atom stereocenters. The molecular weight excluding hydrogens is 514 g/mol. The van der Waals surface area contributed by atoms with Gasteiger partial charge in [0.1, 0.15) is 18.2 Å². The molecule has 4 aromatic rings. The highest BCUT2D eigenvalue weighted by Crippen LogP contribution is 2.35. The molecule has 1 fully saturated rings. The van der Waals surface area contributed by atoms with E-state index in [4.69, 9.17) is 24.2 Å². The zero-order valence-corrected chi connectivity index (χ0v) is 24.5. The van der Waals surface area contributed by atoms with Gasteiger partial charge in [-0.3, -0.25) is 0 Å². The van der Waals surface area contributed by atoms with E-state index in [1.807, 2.05) is 67.5 Å². The van der Waals surface area contributed by atoms with Gasteiger partial charge in [-0.05, 0) is 61.9 Å². The third kappa shape index (κ3) is 7.19. The highest BCUT2D eigenvalue weighted by atomic mass is 16.5. The van der Waals surface area contributed by atoms with Crippen LogP contribution in [0.25, 0.3) is 10.9 Å². The maximum atomic E-state index is 6.23. The largest absolute Gasteiger partial charge is 0.493 e. The summed E-state index contributed by atoms with van der Waals surface area (Å²) >= 11 is 0. The molecule has 0 spiro atoms. The van der Waals surface area contributed by atoms with Gasteiger partial charge in [0.05, 0.1) is 19.7 Å². The predicted octanol–water partition coefficient (Wildman–Crippen LogP) is 6.05. The number of rotatable bonds is 12. The van der Waals surface area contributed by atoms with Crippen LogP contribution in [-0.4, -0.2) is 50.9 Å². The van der Waals surface area contributed by atoms with Crippen LogP contribution >= 0.6 is 0 Å². The molecule has 3 aromatic carbocycles. The summed E-state index contributed by atoms with van der Waals surface area (Å²) in [6.07, 6.45) is 4.51. The van der Waals surface area contributed by atoms with E-state index in [-0.39, 0.29) is 0 Å². The number of fused-ring (bicyclic) bond motifs is 1. The summed E-state index contributed by atoms with van der Waals surface area (Å²) in [6.45, 7) is 2.15. The first-order valence-electron chi connectivity index (χ1n) is 14.4. The smallest absolute Gasteiger partial charge is 0.225 e. The van der Waals surface area contributed by atoms with Crippen molar-refractivity contribution in [2.45, 2.75) is 44.9 Å². The average Bonchev–Trinajstić information content (AvgIpc) is 3.01. The molecule has 1 aliphatic carbocycles. The van der Waals surface area contributed by atoms with Crippen LogP contribution in [0.15, 0.2) is 66.7 Å². The van der Waals surface area contributed by atoms with Crippen molar-refractivity contribution in [1.82, 2.24) is 15.3 Å². The van der Waals surface area contributed by atoms with Gasteiger partial charge in [0.2, 0.25) is 5.95 Å². The van der Waals surface area contributed by atoms with Crippen molar-refractivity contribution in [2.24, 2.45) is 5.92 Å². The third-order valence-electron chi connectivity index (χ3n) is 7.74. The third-order valence-corrected chi connectivity index (χ3v) is 7.74. The maximum absolute atomic E-state index is 6.23. The molecule has 8 nitrogen and oxygen atoms in total. The standard InChI is InChI=1S/C33H41N5O3/c1-38(2)32-27-12-8-9-13-28(27)36-33(37-32)35-26-16-14-23(15-17-26)20-34-21-25-18-30(39-3)31(40-4)19-29(25)41-22-24-10-6-5-7-11-24/h5-13,18-19,23,26,34H,14-17,20-22H2,1-4H3,(H,35,36,37)/t23-,26+. The Hall–Kier alpha value is -4.04. The Labute approximate surface area is 243 Å². The molecule has 1 aromatic heterocycles. The molecule has 0 amide bonds. The van der Waals surface area contributed by atoms with Crippen molar-refractivity contribution in [3.8, 4) is 17.2 Å². The minimum Gasteiger partial charge on any atom is -0.493 e. The topological polar surface area (TPSA) is 80.8 Å². The van der Waals surface area contributed by atoms with E-state index in [0.717, 1.165) is 65.8 Å². The van der Waals surface area contributed by atoms with Crippen molar-refractivity contribution >= 4 is 22.7 Å². The van der Waals surface area contributed by atoms with Crippen LogP contribution in [0.2, 0.25) is 0 Å². The van der Waals surface area contributed by atoms with Crippen molar-refractivity contribution in [3.05, 3.63) is 77.9 Å². The van der Waals surface area contributed by atoms with E-state index < -0.39 is 0 Å². The fourth-order valence-corrected chi connectivity index (χ4v) is 5.48. The van der Waals surface area contributed by atoms with Crippen molar-refractivity contribution < 1.29 is 14.2 Å².